The first-order chi connectivity index (χ1) is 7.65. The third-order valence-corrected chi connectivity index (χ3v) is 3.23. The Hall–Kier alpha value is -0.450. The molecule has 1 aliphatic heterocycles. The number of carbonyl (C=O) groups excluding carboxylic acids is 1. The van der Waals surface area contributed by atoms with Crippen molar-refractivity contribution in [1.29, 1.82) is 0 Å². The van der Waals surface area contributed by atoms with E-state index in [1.807, 2.05) is 6.92 Å². The Morgan fingerprint density at radius 3 is 2.94 bits per heavy atom. The molecule has 0 bridgehead atoms. The summed E-state index contributed by atoms with van der Waals surface area (Å²) >= 11 is 0. The van der Waals surface area contributed by atoms with E-state index in [-0.39, 0.29) is 18.1 Å². The third-order valence-electron chi connectivity index (χ3n) is 3.23. The minimum absolute atomic E-state index is 0.0462. The highest BCUT2D eigenvalue weighted by atomic mass is 16.5. The molecule has 0 spiro atoms. The van der Waals surface area contributed by atoms with Crippen LogP contribution in [-0.4, -0.2) is 55.2 Å². The van der Waals surface area contributed by atoms with Gasteiger partial charge in [0.05, 0.1) is 25.9 Å². The maximum Gasteiger partial charge on any atom is 0.127 e. The molecule has 1 aliphatic rings. The number of hydrogen-bond acceptors (Lipinski definition) is 4. The van der Waals surface area contributed by atoms with Crippen molar-refractivity contribution in [3.05, 3.63) is 0 Å². The summed E-state index contributed by atoms with van der Waals surface area (Å²) in [5, 5.41) is 9.25. The lowest BCUT2D eigenvalue weighted by atomic mass is 9.86. The fourth-order valence-corrected chi connectivity index (χ4v) is 2.28. The Bertz CT molecular complexity index is 222. The highest BCUT2D eigenvalue weighted by molar-refractivity contribution is 5.59. The van der Waals surface area contributed by atoms with Crippen LogP contribution in [0.15, 0.2) is 0 Å². The summed E-state index contributed by atoms with van der Waals surface area (Å²) in [7, 11) is 0. The van der Waals surface area contributed by atoms with E-state index in [1.54, 1.807) is 0 Å². The van der Waals surface area contributed by atoms with Crippen LogP contribution >= 0.6 is 0 Å². The first kappa shape index (κ1) is 13.6. The van der Waals surface area contributed by atoms with Crippen LogP contribution in [0.2, 0.25) is 0 Å². The highest BCUT2D eigenvalue weighted by Gasteiger charge is 2.30. The monoisotopic (exact) mass is 229 g/mol. The van der Waals surface area contributed by atoms with Gasteiger partial charge in [-0.05, 0) is 6.42 Å². The van der Waals surface area contributed by atoms with Gasteiger partial charge in [0, 0.05) is 18.5 Å². The zero-order valence-electron chi connectivity index (χ0n) is 10.3. The van der Waals surface area contributed by atoms with Crippen molar-refractivity contribution in [1.82, 2.24) is 4.90 Å². The van der Waals surface area contributed by atoms with Crippen LogP contribution < -0.4 is 0 Å². The van der Waals surface area contributed by atoms with E-state index < -0.39 is 0 Å². The van der Waals surface area contributed by atoms with Gasteiger partial charge in [0.1, 0.15) is 6.29 Å². The summed E-state index contributed by atoms with van der Waals surface area (Å²) in [5.41, 5.74) is -0.292. The van der Waals surface area contributed by atoms with E-state index in [0.29, 0.717) is 13.2 Å². The number of morpholine rings is 1. The molecule has 0 radical (unpaired) electrons. The Kier molecular flexibility index (Phi) is 5.38. The van der Waals surface area contributed by atoms with Crippen LogP contribution in [0.4, 0.5) is 0 Å². The highest BCUT2D eigenvalue weighted by Crippen LogP contribution is 2.23. The van der Waals surface area contributed by atoms with Gasteiger partial charge in [0.15, 0.2) is 0 Å². The molecule has 0 saturated carbocycles. The van der Waals surface area contributed by atoms with Crippen LogP contribution in [0.3, 0.4) is 0 Å². The van der Waals surface area contributed by atoms with E-state index in [0.717, 1.165) is 32.2 Å². The number of aldehydes is 1. The maximum absolute atomic E-state index is 11.2. The molecule has 16 heavy (non-hydrogen) atoms. The van der Waals surface area contributed by atoms with Crippen molar-refractivity contribution >= 4 is 6.29 Å². The molecule has 1 fully saturated rings. The fourth-order valence-electron chi connectivity index (χ4n) is 2.28. The van der Waals surface area contributed by atoms with Crippen molar-refractivity contribution < 1.29 is 14.6 Å². The lowest BCUT2D eigenvalue weighted by molar-refractivity contribution is -0.119. The fraction of sp³-hybridized carbons (Fsp3) is 0.917. The summed E-state index contributed by atoms with van der Waals surface area (Å²) in [6.07, 6.45) is 2.95. The van der Waals surface area contributed by atoms with Crippen LogP contribution in [-0.2, 0) is 9.53 Å². The molecule has 0 aromatic carbocycles. The molecule has 94 valence electrons. The van der Waals surface area contributed by atoms with Gasteiger partial charge in [0.2, 0.25) is 0 Å². The molecule has 4 nitrogen and oxygen atoms in total. The summed E-state index contributed by atoms with van der Waals surface area (Å²) in [6, 6.07) is 0.0462. The van der Waals surface area contributed by atoms with Crippen molar-refractivity contribution in [2.45, 2.75) is 32.7 Å². The Labute approximate surface area is 97.6 Å². The van der Waals surface area contributed by atoms with E-state index in [2.05, 4.69) is 11.8 Å². The molecular weight excluding hydrogens is 206 g/mol. The van der Waals surface area contributed by atoms with Gasteiger partial charge < -0.3 is 14.6 Å². The molecular formula is C12H23NO3. The SMILES string of the molecule is CCCC(C)(C=O)CN1CCOCC1CO. The van der Waals surface area contributed by atoms with E-state index >= 15 is 0 Å². The first-order valence-corrected chi connectivity index (χ1v) is 6.04. The molecule has 4 heteroatoms. The molecule has 0 aromatic heterocycles. The van der Waals surface area contributed by atoms with Gasteiger partial charge in [-0.25, -0.2) is 0 Å². The van der Waals surface area contributed by atoms with Crippen molar-refractivity contribution in [3.8, 4) is 0 Å². The Balaban J connectivity index is 2.57. The molecule has 0 aromatic rings. The predicted molar refractivity (Wildman–Crippen MR) is 62.3 cm³/mol. The zero-order valence-corrected chi connectivity index (χ0v) is 10.3. The van der Waals surface area contributed by atoms with Crippen LogP contribution in [0, 0.1) is 5.41 Å². The van der Waals surface area contributed by atoms with Crippen LogP contribution in [0.5, 0.6) is 0 Å². The van der Waals surface area contributed by atoms with Gasteiger partial charge in [-0.3, -0.25) is 4.90 Å². The van der Waals surface area contributed by atoms with Crippen molar-refractivity contribution in [3.63, 3.8) is 0 Å². The molecule has 2 atom stereocenters. The second kappa shape index (κ2) is 6.33. The summed E-state index contributed by atoms with van der Waals surface area (Å²) in [6.45, 7) is 6.96. The van der Waals surface area contributed by atoms with E-state index in [9.17, 15) is 9.90 Å². The molecule has 1 heterocycles. The maximum atomic E-state index is 11.2. The van der Waals surface area contributed by atoms with Crippen molar-refractivity contribution in [2.75, 3.05) is 32.9 Å². The molecule has 1 N–H and O–H groups in total. The number of nitrogens with zero attached hydrogens (tertiary/aromatic N) is 1. The molecule has 0 amide bonds. The van der Waals surface area contributed by atoms with Gasteiger partial charge in [-0.2, -0.15) is 0 Å². The average Bonchev–Trinajstić information content (AvgIpc) is 2.30. The largest absolute Gasteiger partial charge is 0.395 e. The van der Waals surface area contributed by atoms with Gasteiger partial charge in [-0.1, -0.05) is 20.3 Å². The number of aliphatic hydroxyl groups excluding tert-OH is 1. The minimum Gasteiger partial charge on any atom is -0.395 e. The number of rotatable bonds is 6. The van der Waals surface area contributed by atoms with Crippen LogP contribution in [0.1, 0.15) is 26.7 Å². The lowest BCUT2D eigenvalue weighted by Crippen LogP contribution is -2.51. The summed E-state index contributed by atoms with van der Waals surface area (Å²) in [4.78, 5) is 13.3. The smallest absolute Gasteiger partial charge is 0.127 e. The first-order valence-electron chi connectivity index (χ1n) is 6.04. The lowest BCUT2D eigenvalue weighted by Gasteiger charge is -2.39. The predicted octanol–water partition coefficient (Wildman–Crippen LogP) is 0.685. The minimum atomic E-state index is -0.292. The number of carbonyl (C=O) groups is 1. The van der Waals surface area contributed by atoms with Gasteiger partial charge in [0.25, 0.3) is 0 Å². The zero-order chi connectivity index (χ0) is 12.0. The molecule has 1 saturated heterocycles. The Morgan fingerprint density at radius 2 is 2.38 bits per heavy atom. The Morgan fingerprint density at radius 1 is 1.62 bits per heavy atom. The normalized spacial score (nSPS) is 26.3. The molecule has 0 aliphatic carbocycles. The third kappa shape index (κ3) is 3.54. The number of aliphatic hydroxyl groups is 1. The molecule has 1 rings (SSSR count). The van der Waals surface area contributed by atoms with Crippen molar-refractivity contribution in [2.24, 2.45) is 5.41 Å². The summed E-state index contributed by atoms with van der Waals surface area (Å²) in [5.74, 6) is 0. The topological polar surface area (TPSA) is 49.8 Å². The second-order valence-corrected chi connectivity index (χ2v) is 4.90. The molecule has 2 unspecified atom stereocenters. The number of ether oxygens (including phenoxy) is 1. The second-order valence-electron chi connectivity index (χ2n) is 4.90. The van der Waals surface area contributed by atoms with E-state index in [4.69, 9.17) is 4.74 Å². The van der Waals surface area contributed by atoms with Gasteiger partial charge in [-0.15, -0.1) is 0 Å². The van der Waals surface area contributed by atoms with Gasteiger partial charge >= 0.3 is 0 Å². The average molecular weight is 229 g/mol. The quantitative estimate of drug-likeness (QED) is 0.681. The standard InChI is InChI=1S/C12H23NO3/c1-3-4-12(2,10-15)9-13-5-6-16-8-11(13)7-14/h10-11,14H,3-9H2,1-2H3. The van der Waals surface area contributed by atoms with Crippen LogP contribution in [0.25, 0.3) is 0 Å². The van der Waals surface area contributed by atoms with E-state index in [1.165, 1.54) is 0 Å². The summed E-state index contributed by atoms with van der Waals surface area (Å²) < 4.78 is 5.32. The number of hydrogen-bond donors (Lipinski definition) is 1.